The van der Waals surface area contributed by atoms with E-state index in [-0.39, 0.29) is 47.8 Å². The average Bonchev–Trinajstić information content (AvgIpc) is 3.30. The Morgan fingerprint density at radius 3 is 2.33 bits per heavy atom. The minimum Gasteiger partial charge on any atom is -0.373 e. The summed E-state index contributed by atoms with van der Waals surface area (Å²) in [5, 5.41) is 0. The Labute approximate surface area is 141 Å². The Kier molecular flexibility index (Phi) is 3.69. The van der Waals surface area contributed by atoms with Crippen LogP contribution >= 0.6 is 0 Å². The highest BCUT2D eigenvalue weighted by Gasteiger charge is 2.63. The summed E-state index contributed by atoms with van der Waals surface area (Å²) in [4.78, 5) is 41.5. The van der Waals surface area contributed by atoms with E-state index in [1.165, 1.54) is 4.90 Å². The standard InChI is InChI=1S/C17H25N3O4/c1-8-5-10(6-18)7-19(8)15(21)9(2)20-16(22)13-11-3-4-12(24-11)14(13)17(20)23/h8-14H,3-7,18H2,1-2H3. The number of fused-ring (bicyclic) bond motifs is 5. The van der Waals surface area contributed by atoms with Gasteiger partial charge in [-0.2, -0.15) is 0 Å². The Bertz CT molecular complexity index is 566. The quantitative estimate of drug-likeness (QED) is 0.717. The lowest BCUT2D eigenvalue weighted by Gasteiger charge is -2.30. The van der Waals surface area contributed by atoms with Crippen LogP contribution < -0.4 is 5.73 Å². The zero-order valence-electron chi connectivity index (χ0n) is 14.2. The van der Waals surface area contributed by atoms with Crippen LogP contribution in [0.3, 0.4) is 0 Å². The maximum Gasteiger partial charge on any atom is 0.245 e. The van der Waals surface area contributed by atoms with Gasteiger partial charge in [-0.3, -0.25) is 19.3 Å². The van der Waals surface area contributed by atoms with E-state index in [4.69, 9.17) is 10.5 Å². The molecule has 7 nitrogen and oxygen atoms in total. The van der Waals surface area contributed by atoms with Crippen LogP contribution in [-0.2, 0) is 19.1 Å². The summed E-state index contributed by atoms with van der Waals surface area (Å²) >= 11 is 0. The van der Waals surface area contributed by atoms with Gasteiger partial charge in [0, 0.05) is 12.6 Å². The number of imide groups is 1. The van der Waals surface area contributed by atoms with Crippen molar-refractivity contribution >= 4 is 17.7 Å². The number of nitrogens with zero attached hydrogens (tertiary/aromatic N) is 2. The van der Waals surface area contributed by atoms with Gasteiger partial charge in [0.05, 0.1) is 24.0 Å². The number of amides is 3. The number of hydrogen-bond donors (Lipinski definition) is 1. The predicted octanol–water partition coefficient (Wildman–Crippen LogP) is -0.267. The van der Waals surface area contributed by atoms with Crippen molar-refractivity contribution in [2.75, 3.05) is 13.1 Å². The highest BCUT2D eigenvalue weighted by atomic mass is 16.5. The highest BCUT2D eigenvalue weighted by molar-refractivity contribution is 6.09. The second-order valence-electron chi connectivity index (χ2n) is 7.74. The summed E-state index contributed by atoms with van der Waals surface area (Å²) < 4.78 is 5.74. The van der Waals surface area contributed by atoms with Crippen LogP contribution in [0, 0.1) is 17.8 Å². The molecule has 3 amide bonds. The van der Waals surface area contributed by atoms with Crippen LogP contribution in [0.4, 0.5) is 0 Å². The van der Waals surface area contributed by atoms with Crippen LogP contribution in [0.1, 0.15) is 33.1 Å². The molecule has 0 aromatic rings. The average molecular weight is 335 g/mol. The van der Waals surface area contributed by atoms with E-state index in [0.717, 1.165) is 19.3 Å². The molecule has 7 heteroatoms. The third-order valence-corrected chi connectivity index (χ3v) is 6.34. The molecule has 4 fully saturated rings. The smallest absolute Gasteiger partial charge is 0.245 e. The van der Waals surface area contributed by atoms with Crippen molar-refractivity contribution in [1.82, 2.24) is 9.80 Å². The molecule has 0 saturated carbocycles. The lowest BCUT2D eigenvalue weighted by atomic mass is 9.81. The third-order valence-electron chi connectivity index (χ3n) is 6.34. The summed E-state index contributed by atoms with van der Waals surface area (Å²) in [6.07, 6.45) is 2.26. The van der Waals surface area contributed by atoms with E-state index in [0.29, 0.717) is 19.0 Å². The summed E-state index contributed by atoms with van der Waals surface area (Å²) in [7, 11) is 0. The Morgan fingerprint density at radius 1 is 1.25 bits per heavy atom. The molecule has 0 aromatic heterocycles. The van der Waals surface area contributed by atoms with Crippen molar-refractivity contribution < 1.29 is 19.1 Å². The van der Waals surface area contributed by atoms with Crippen molar-refractivity contribution in [2.45, 2.75) is 57.4 Å². The normalized spacial score (nSPS) is 42.1. The molecular weight excluding hydrogens is 310 g/mol. The molecule has 4 rings (SSSR count). The van der Waals surface area contributed by atoms with Gasteiger partial charge in [0.2, 0.25) is 17.7 Å². The molecule has 2 N–H and O–H groups in total. The molecule has 2 bridgehead atoms. The van der Waals surface area contributed by atoms with E-state index < -0.39 is 6.04 Å². The number of carbonyl (C=O) groups excluding carboxylic acids is 3. The number of nitrogens with two attached hydrogens (primary N) is 1. The third kappa shape index (κ3) is 2.07. The largest absolute Gasteiger partial charge is 0.373 e. The van der Waals surface area contributed by atoms with Crippen LogP contribution in [0.25, 0.3) is 0 Å². The SMILES string of the molecule is CC1CC(CN)CN1C(=O)C(C)N1C(=O)C2C3CCC(O3)C2C1=O. The van der Waals surface area contributed by atoms with E-state index in [1.54, 1.807) is 11.8 Å². The van der Waals surface area contributed by atoms with Gasteiger partial charge in [0.15, 0.2) is 0 Å². The van der Waals surface area contributed by atoms with Crippen molar-refractivity contribution in [2.24, 2.45) is 23.5 Å². The van der Waals surface area contributed by atoms with Crippen LogP contribution in [0.2, 0.25) is 0 Å². The van der Waals surface area contributed by atoms with Gasteiger partial charge in [0.25, 0.3) is 0 Å². The first-order valence-electron chi connectivity index (χ1n) is 8.97. The van der Waals surface area contributed by atoms with E-state index in [9.17, 15) is 14.4 Å². The lowest BCUT2D eigenvalue weighted by Crippen LogP contribution is -2.51. The molecule has 0 radical (unpaired) electrons. The Morgan fingerprint density at radius 2 is 1.83 bits per heavy atom. The van der Waals surface area contributed by atoms with Gasteiger partial charge in [-0.05, 0) is 45.6 Å². The first kappa shape index (κ1) is 16.0. The van der Waals surface area contributed by atoms with Gasteiger partial charge < -0.3 is 15.4 Å². The highest BCUT2D eigenvalue weighted by Crippen LogP contribution is 2.49. The number of ether oxygens (including phenoxy) is 1. The van der Waals surface area contributed by atoms with Crippen molar-refractivity contribution in [3.05, 3.63) is 0 Å². The fourth-order valence-corrected chi connectivity index (χ4v) is 5.09. The molecule has 4 aliphatic heterocycles. The molecule has 0 aromatic carbocycles. The zero-order valence-corrected chi connectivity index (χ0v) is 14.2. The van der Waals surface area contributed by atoms with Gasteiger partial charge in [-0.25, -0.2) is 0 Å². The second-order valence-corrected chi connectivity index (χ2v) is 7.74. The first-order chi connectivity index (χ1) is 11.4. The van der Waals surface area contributed by atoms with E-state index in [2.05, 4.69) is 0 Å². The van der Waals surface area contributed by atoms with E-state index >= 15 is 0 Å². The number of hydrogen-bond acceptors (Lipinski definition) is 5. The summed E-state index contributed by atoms with van der Waals surface area (Å²) in [5.41, 5.74) is 5.73. The fraction of sp³-hybridized carbons (Fsp3) is 0.824. The summed E-state index contributed by atoms with van der Waals surface area (Å²) in [6.45, 7) is 4.83. The van der Waals surface area contributed by atoms with Gasteiger partial charge in [0.1, 0.15) is 6.04 Å². The first-order valence-corrected chi connectivity index (χ1v) is 8.97. The molecule has 7 atom stereocenters. The van der Waals surface area contributed by atoms with Crippen molar-refractivity contribution in [3.8, 4) is 0 Å². The monoisotopic (exact) mass is 335 g/mol. The molecule has 0 aliphatic carbocycles. The molecule has 4 saturated heterocycles. The summed E-state index contributed by atoms with van der Waals surface area (Å²) in [6, 6.07) is -0.644. The zero-order chi connectivity index (χ0) is 17.2. The maximum atomic E-state index is 12.9. The van der Waals surface area contributed by atoms with Crippen molar-refractivity contribution in [3.63, 3.8) is 0 Å². The van der Waals surface area contributed by atoms with E-state index in [1.807, 2.05) is 6.92 Å². The Hall–Kier alpha value is -1.47. The molecule has 132 valence electrons. The summed E-state index contributed by atoms with van der Waals surface area (Å²) in [5.74, 6) is -1.04. The minimum atomic E-state index is -0.742. The van der Waals surface area contributed by atoms with Gasteiger partial charge >= 0.3 is 0 Å². The molecule has 24 heavy (non-hydrogen) atoms. The molecule has 4 heterocycles. The van der Waals surface area contributed by atoms with Crippen LogP contribution in [-0.4, -0.2) is 64.9 Å². The van der Waals surface area contributed by atoms with Crippen LogP contribution in [0.5, 0.6) is 0 Å². The lowest BCUT2D eigenvalue weighted by molar-refractivity contribution is -0.153. The number of carbonyl (C=O) groups is 3. The second kappa shape index (κ2) is 5.52. The fourth-order valence-electron chi connectivity index (χ4n) is 5.09. The Balaban J connectivity index is 1.52. The molecule has 4 aliphatic rings. The minimum absolute atomic E-state index is 0.0975. The molecule has 0 spiro atoms. The van der Waals surface area contributed by atoms with Crippen molar-refractivity contribution in [1.29, 1.82) is 0 Å². The number of rotatable bonds is 3. The number of likely N-dealkylation sites (tertiary alicyclic amines) is 2. The molecule has 7 unspecified atom stereocenters. The van der Waals surface area contributed by atoms with Gasteiger partial charge in [-0.1, -0.05) is 0 Å². The topological polar surface area (TPSA) is 92.9 Å². The van der Waals surface area contributed by atoms with Gasteiger partial charge in [-0.15, -0.1) is 0 Å². The molecular formula is C17H25N3O4. The van der Waals surface area contributed by atoms with Crippen LogP contribution in [0.15, 0.2) is 0 Å². The maximum absolute atomic E-state index is 12.9. The predicted molar refractivity (Wildman–Crippen MR) is 84.5 cm³/mol.